The number of aromatic amines is 1. The molecule has 7 nitrogen and oxygen atoms in total. The van der Waals surface area contributed by atoms with Gasteiger partial charge in [-0.25, -0.2) is 19.3 Å². The number of benzene rings is 1. The lowest BCUT2D eigenvalue weighted by Gasteiger charge is -2.27. The molecule has 1 N–H and O–H groups in total. The van der Waals surface area contributed by atoms with E-state index in [2.05, 4.69) is 35.9 Å². The molecule has 4 aromatic rings. The van der Waals surface area contributed by atoms with E-state index in [1.54, 1.807) is 30.7 Å². The Labute approximate surface area is 177 Å². The average molecular weight is 414 g/mol. The Kier molecular flexibility index (Phi) is 5.05. The Morgan fingerprint density at radius 1 is 0.968 bits per heavy atom. The van der Waals surface area contributed by atoms with Crippen LogP contribution in [0.15, 0.2) is 66.2 Å². The van der Waals surface area contributed by atoms with Crippen LogP contribution in [0.4, 0.5) is 4.39 Å². The summed E-state index contributed by atoms with van der Waals surface area (Å²) in [6, 6.07) is 8.43. The average Bonchev–Trinajstić information content (AvgIpc) is 2.81. The summed E-state index contributed by atoms with van der Waals surface area (Å²) >= 11 is 0. The van der Waals surface area contributed by atoms with E-state index in [9.17, 15) is 9.18 Å². The lowest BCUT2D eigenvalue weighted by Crippen LogP contribution is -2.35. The number of hydrogen-bond donors (Lipinski definition) is 1. The zero-order valence-corrected chi connectivity index (χ0v) is 16.6. The van der Waals surface area contributed by atoms with Crippen LogP contribution in [0.2, 0.25) is 0 Å². The van der Waals surface area contributed by atoms with E-state index in [1.165, 1.54) is 18.5 Å². The van der Waals surface area contributed by atoms with Gasteiger partial charge in [0.05, 0.1) is 16.8 Å². The summed E-state index contributed by atoms with van der Waals surface area (Å²) in [6.45, 7) is 1.97. The molecule has 154 valence electrons. The molecular formula is C23H19FN6O. The van der Waals surface area contributed by atoms with Crippen LogP contribution in [0.5, 0.6) is 0 Å². The van der Waals surface area contributed by atoms with Gasteiger partial charge in [0.1, 0.15) is 18.0 Å². The Hall–Kier alpha value is -3.78. The molecule has 0 atom stereocenters. The molecule has 1 aliphatic rings. The molecule has 0 aliphatic carbocycles. The topological polar surface area (TPSA) is 87.7 Å². The van der Waals surface area contributed by atoms with Crippen LogP contribution >= 0.6 is 0 Å². The maximum absolute atomic E-state index is 13.2. The van der Waals surface area contributed by atoms with Gasteiger partial charge in [0.2, 0.25) is 0 Å². The van der Waals surface area contributed by atoms with E-state index < -0.39 is 0 Å². The number of rotatable bonds is 4. The van der Waals surface area contributed by atoms with Crippen LogP contribution in [-0.2, 0) is 19.5 Å². The molecule has 0 bridgehead atoms. The Balaban J connectivity index is 1.35. The minimum atomic E-state index is -0.262. The van der Waals surface area contributed by atoms with Gasteiger partial charge in [-0.3, -0.25) is 14.7 Å². The quantitative estimate of drug-likeness (QED) is 0.552. The van der Waals surface area contributed by atoms with Crippen molar-refractivity contribution in [3.63, 3.8) is 0 Å². The maximum atomic E-state index is 13.2. The van der Waals surface area contributed by atoms with Crippen molar-refractivity contribution in [2.75, 3.05) is 6.54 Å². The van der Waals surface area contributed by atoms with E-state index in [1.807, 2.05) is 6.20 Å². The first-order valence-corrected chi connectivity index (χ1v) is 9.95. The number of halogens is 1. The smallest absolute Gasteiger partial charge is 0.255 e. The van der Waals surface area contributed by atoms with Crippen LogP contribution < -0.4 is 5.56 Å². The van der Waals surface area contributed by atoms with Gasteiger partial charge >= 0.3 is 0 Å². The molecule has 0 fully saturated rings. The SMILES string of the molecule is O=c1[nH]c(-c2cncnc2)nc2c1CN(Cc1cncc(-c3ccc(F)cc3)c1)CC2. The molecule has 0 saturated heterocycles. The summed E-state index contributed by atoms with van der Waals surface area (Å²) in [6.07, 6.45) is 8.99. The predicted molar refractivity (Wildman–Crippen MR) is 113 cm³/mol. The number of pyridine rings is 1. The normalized spacial score (nSPS) is 13.7. The third kappa shape index (κ3) is 4.10. The second-order valence-corrected chi connectivity index (χ2v) is 7.52. The highest BCUT2D eigenvalue weighted by atomic mass is 19.1. The summed E-state index contributed by atoms with van der Waals surface area (Å²) < 4.78 is 13.2. The molecule has 1 aromatic carbocycles. The number of H-pyrrole nitrogens is 1. The van der Waals surface area contributed by atoms with Gasteiger partial charge in [-0.15, -0.1) is 0 Å². The fourth-order valence-corrected chi connectivity index (χ4v) is 3.81. The van der Waals surface area contributed by atoms with Gasteiger partial charge < -0.3 is 4.98 Å². The van der Waals surface area contributed by atoms with Crippen molar-refractivity contribution in [1.29, 1.82) is 0 Å². The number of aromatic nitrogens is 5. The molecule has 31 heavy (non-hydrogen) atoms. The molecule has 3 aromatic heterocycles. The van der Waals surface area contributed by atoms with Gasteiger partial charge in [-0.2, -0.15) is 0 Å². The van der Waals surface area contributed by atoms with E-state index >= 15 is 0 Å². The summed E-state index contributed by atoms with van der Waals surface area (Å²) in [5, 5.41) is 0. The largest absolute Gasteiger partial charge is 0.306 e. The van der Waals surface area contributed by atoms with E-state index in [0.29, 0.717) is 36.5 Å². The second-order valence-electron chi connectivity index (χ2n) is 7.52. The first kappa shape index (κ1) is 19.2. The second kappa shape index (κ2) is 8.16. The Morgan fingerprint density at radius 2 is 1.74 bits per heavy atom. The van der Waals surface area contributed by atoms with Crippen LogP contribution in [-0.4, -0.2) is 36.4 Å². The molecule has 0 unspecified atom stereocenters. The third-order valence-electron chi connectivity index (χ3n) is 5.36. The van der Waals surface area contributed by atoms with Crippen molar-refractivity contribution in [2.45, 2.75) is 19.5 Å². The molecule has 5 rings (SSSR count). The maximum Gasteiger partial charge on any atom is 0.255 e. The van der Waals surface area contributed by atoms with Crippen LogP contribution in [0, 0.1) is 5.82 Å². The van der Waals surface area contributed by atoms with E-state index in [0.717, 1.165) is 28.9 Å². The minimum Gasteiger partial charge on any atom is -0.306 e. The fourth-order valence-electron chi connectivity index (χ4n) is 3.81. The van der Waals surface area contributed by atoms with Crippen LogP contribution in [0.3, 0.4) is 0 Å². The van der Waals surface area contributed by atoms with Crippen LogP contribution in [0.25, 0.3) is 22.5 Å². The van der Waals surface area contributed by atoms with E-state index in [-0.39, 0.29) is 11.4 Å². The monoisotopic (exact) mass is 414 g/mol. The fraction of sp³-hybridized carbons (Fsp3) is 0.174. The zero-order chi connectivity index (χ0) is 21.2. The lowest BCUT2D eigenvalue weighted by atomic mass is 10.0. The number of nitrogens with zero attached hydrogens (tertiary/aromatic N) is 5. The molecule has 0 saturated carbocycles. The summed E-state index contributed by atoms with van der Waals surface area (Å²) in [5.41, 5.74) is 4.95. The number of fused-ring (bicyclic) bond motifs is 1. The first-order valence-electron chi connectivity index (χ1n) is 9.95. The van der Waals surface area contributed by atoms with Crippen molar-refractivity contribution in [2.24, 2.45) is 0 Å². The summed E-state index contributed by atoms with van der Waals surface area (Å²) in [7, 11) is 0. The summed E-state index contributed by atoms with van der Waals surface area (Å²) in [4.78, 5) is 34.7. The van der Waals surface area contributed by atoms with Gasteiger partial charge in [0.15, 0.2) is 0 Å². The molecule has 0 spiro atoms. The molecular weight excluding hydrogens is 395 g/mol. The van der Waals surface area contributed by atoms with Crippen molar-refractivity contribution in [1.82, 2.24) is 29.8 Å². The Bertz CT molecular complexity index is 1270. The number of nitrogens with one attached hydrogen (secondary N) is 1. The third-order valence-corrected chi connectivity index (χ3v) is 5.36. The molecule has 1 aliphatic heterocycles. The van der Waals surface area contributed by atoms with Crippen molar-refractivity contribution in [3.05, 3.63) is 94.4 Å². The van der Waals surface area contributed by atoms with E-state index in [4.69, 9.17) is 0 Å². The highest BCUT2D eigenvalue weighted by molar-refractivity contribution is 5.62. The molecule has 0 amide bonds. The standard InChI is InChI=1S/C23H19FN6O/c24-19-3-1-16(2-4-19)17-7-15(8-25-9-17)12-30-6-5-21-20(13-30)23(31)29-22(28-21)18-10-26-14-27-11-18/h1-4,7-11,14H,5-6,12-13H2,(H,28,29,31). The lowest BCUT2D eigenvalue weighted by molar-refractivity contribution is 0.241. The Morgan fingerprint density at radius 3 is 2.55 bits per heavy atom. The summed E-state index contributed by atoms with van der Waals surface area (Å²) in [5.74, 6) is 0.232. The van der Waals surface area contributed by atoms with Crippen molar-refractivity contribution >= 4 is 0 Å². The first-order chi connectivity index (χ1) is 15.2. The highest BCUT2D eigenvalue weighted by Gasteiger charge is 2.22. The number of hydrogen-bond acceptors (Lipinski definition) is 6. The predicted octanol–water partition coefficient (Wildman–Crippen LogP) is 2.99. The van der Waals surface area contributed by atoms with Gasteiger partial charge in [-0.1, -0.05) is 12.1 Å². The van der Waals surface area contributed by atoms with Crippen molar-refractivity contribution < 1.29 is 4.39 Å². The molecule has 0 radical (unpaired) electrons. The van der Waals surface area contributed by atoms with Crippen molar-refractivity contribution in [3.8, 4) is 22.5 Å². The van der Waals surface area contributed by atoms with Crippen LogP contribution in [0.1, 0.15) is 16.8 Å². The highest BCUT2D eigenvalue weighted by Crippen LogP contribution is 2.22. The van der Waals surface area contributed by atoms with Gasteiger partial charge in [-0.05, 0) is 29.3 Å². The minimum absolute atomic E-state index is 0.133. The zero-order valence-electron chi connectivity index (χ0n) is 16.6. The molecule has 4 heterocycles. The van der Waals surface area contributed by atoms with Gasteiger partial charge in [0.25, 0.3) is 5.56 Å². The molecule has 8 heteroatoms. The van der Waals surface area contributed by atoms with Gasteiger partial charge in [0, 0.05) is 56.4 Å².